The average Bonchev–Trinajstić information content (AvgIpc) is 2.63. The van der Waals surface area contributed by atoms with Gasteiger partial charge in [-0.2, -0.15) is 4.37 Å². The molecule has 1 aromatic heterocycles. The molecule has 0 atom stereocenters. The Morgan fingerprint density at radius 3 is 2.57 bits per heavy atom. The summed E-state index contributed by atoms with van der Waals surface area (Å²) in [5.74, 6) is 0.837. The van der Waals surface area contributed by atoms with Gasteiger partial charge in [0.15, 0.2) is 0 Å². The third kappa shape index (κ3) is 2.53. The lowest BCUT2D eigenvalue weighted by Crippen LogP contribution is -1.92. The highest BCUT2D eigenvalue weighted by molar-refractivity contribution is 7.10. The number of rotatable bonds is 3. The minimum absolute atomic E-state index is 0.521. The number of aromatic nitrogens is 2. The van der Waals surface area contributed by atoms with Gasteiger partial charge in [0.1, 0.15) is 5.82 Å². The van der Waals surface area contributed by atoms with Crippen LogP contribution < -0.4 is 0 Å². The second-order valence-corrected chi connectivity index (χ2v) is 4.28. The third-order valence-electron chi connectivity index (χ3n) is 1.92. The smallest absolute Gasteiger partial charge is 0.203 e. The lowest BCUT2D eigenvalue weighted by Gasteiger charge is -1.96. The van der Waals surface area contributed by atoms with Gasteiger partial charge >= 0.3 is 0 Å². The number of benzene rings is 1. The van der Waals surface area contributed by atoms with Crippen molar-refractivity contribution < 1.29 is 0 Å². The normalized spacial score (nSPS) is 10.4. The van der Waals surface area contributed by atoms with Crippen molar-refractivity contribution in [3.05, 3.63) is 46.2 Å². The van der Waals surface area contributed by atoms with Crippen LogP contribution in [-0.4, -0.2) is 9.36 Å². The van der Waals surface area contributed by atoms with Crippen LogP contribution in [0.4, 0.5) is 0 Å². The molecule has 0 bridgehead atoms. The van der Waals surface area contributed by atoms with Crippen molar-refractivity contribution in [3.63, 3.8) is 0 Å². The van der Waals surface area contributed by atoms with Gasteiger partial charge in [-0.05, 0) is 35.1 Å². The molecule has 0 spiro atoms. The molecule has 0 N–H and O–H groups in total. The third-order valence-corrected chi connectivity index (χ3v) is 2.76. The van der Waals surface area contributed by atoms with Crippen molar-refractivity contribution in [3.8, 4) is 0 Å². The molecule has 0 aliphatic carbocycles. The van der Waals surface area contributed by atoms with Crippen LogP contribution in [0.1, 0.15) is 11.4 Å². The summed E-state index contributed by atoms with van der Waals surface area (Å²) < 4.78 is 4.65. The van der Waals surface area contributed by atoms with Crippen molar-refractivity contribution in [1.82, 2.24) is 9.36 Å². The largest absolute Gasteiger partial charge is 0.208 e. The van der Waals surface area contributed by atoms with E-state index >= 15 is 0 Å². The highest BCUT2D eigenvalue weighted by Gasteiger charge is 2.01. The summed E-state index contributed by atoms with van der Waals surface area (Å²) in [7, 11) is 0. The van der Waals surface area contributed by atoms with Gasteiger partial charge in [0.05, 0.1) is 0 Å². The van der Waals surface area contributed by atoms with Crippen molar-refractivity contribution in [2.75, 3.05) is 0 Å². The van der Waals surface area contributed by atoms with Gasteiger partial charge in [0.25, 0.3) is 0 Å². The van der Waals surface area contributed by atoms with Crippen molar-refractivity contribution in [2.45, 2.75) is 12.8 Å². The second kappa shape index (κ2) is 4.53. The van der Waals surface area contributed by atoms with E-state index in [0.717, 1.165) is 18.7 Å². The molecule has 4 heteroatoms. The van der Waals surface area contributed by atoms with Gasteiger partial charge in [-0.25, -0.2) is 4.98 Å². The fraction of sp³-hybridized carbons (Fsp3) is 0.200. The van der Waals surface area contributed by atoms with Crippen LogP contribution in [0.3, 0.4) is 0 Å². The van der Waals surface area contributed by atoms with E-state index in [1.165, 1.54) is 17.1 Å². The number of hydrogen-bond donors (Lipinski definition) is 0. The quantitative estimate of drug-likeness (QED) is 0.801. The average molecular weight is 225 g/mol. The van der Waals surface area contributed by atoms with Gasteiger partial charge in [-0.1, -0.05) is 30.3 Å². The van der Waals surface area contributed by atoms with Crippen molar-refractivity contribution in [1.29, 1.82) is 0 Å². The zero-order chi connectivity index (χ0) is 9.80. The Kier molecular flexibility index (Phi) is 3.11. The molecule has 0 saturated carbocycles. The molecule has 0 unspecified atom stereocenters. The zero-order valence-corrected chi connectivity index (χ0v) is 9.05. The first-order valence-corrected chi connectivity index (χ1v) is 5.52. The van der Waals surface area contributed by atoms with E-state index in [1.807, 2.05) is 18.2 Å². The minimum atomic E-state index is 0.521. The summed E-state index contributed by atoms with van der Waals surface area (Å²) in [5.41, 5.74) is 1.30. The van der Waals surface area contributed by atoms with Crippen molar-refractivity contribution in [2.24, 2.45) is 0 Å². The van der Waals surface area contributed by atoms with Gasteiger partial charge in [-0.15, -0.1) is 0 Å². The Morgan fingerprint density at radius 2 is 1.93 bits per heavy atom. The van der Waals surface area contributed by atoms with Crippen LogP contribution >= 0.6 is 23.1 Å². The molecule has 0 aliphatic heterocycles. The van der Waals surface area contributed by atoms with E-state index < -0.39 is 0 Å². The molecule has 72 valence electrons. The summed E-state index contributed by atoms with van der Waals surface area (Å²) in [6.07, 6.45) is 1.82. The van der Waals surface area contributed by atoms with Crippen LogP contribution in [-0.2, 0) is 12.8 Å². The first-order valence-electron chi connectivity index (χ1n) is 4.36. The summed E-state index contributed by atoms with van der Waals surface area (Å²) in [4.78, 5) is 4.10. The predicted molar refractivity (Wildman–Crippen MR) is 58.8 cm³/mol. The van der Waals surface area contributed by atoms with Crippen LogP contribution in [0, 0.1) is 0 Å². The van der Waals surface area contributed by atoms with Gasteiger partial charge in [-0.3, -0.25) is 0 Å². The number of hydrogen-bond acceptors (Lipinski definition) is 3. The maximum atomic E-state index is 5.69. The highest BCUT2D eigenvalue weighted by atomic mass is 35.5. The lowest BCUT2D eigenvalue weighted by atomic mass is 10.1. The lowest BCUT2D eigenvalue weighted by molar-refractivity contribution is 0.890. The molecule has 2 aromatic rings. The number of aryl methyl sites for hydroxylation is 2. The van der Waals surface area contributed by atoms with E-state index in [-0.39, 0.29) is 0 Å². The van der Waals surface area contributed by atoms with E-state index in [2.05, 4.69) is 21.5 Å². The Balaban J connectivity index is 1.95. The maximum absolute atomic E-state index is 5.69. The first kappa shape index (κ1) is 9.62. The second-order valence-electron chi connectivity index (χ2n) is 2.95. The van der Waals surface area contributed by atoms with E-state index in [0.29, 0.717) is 4.47 Å². The molecule has 14 heavy (non-hydrogen) atoms. The topological polar surface area (TPSA) is 25.8 Å². The molecule has 0 amide bonds. The SMILES string of the molecule is Clc1nc(CCc2ccccc2)ns1. The molecule has 2 nitrogen and oxygen atoms in total. The predicted octanol–water partition coefficient (Wildman–Crippen LogP) is 2.98. The van der Waals surface area contributed by atoms with Crippen LogP contribution in [0.25, 0.3) is 0 Å². The standard InChI is InChI=1S/C10H9ClN2S/c11-10-12-9(13-14-10)7-6-8-4-2-1-3-5-8/h1-5H,6-7H2. The Bertz CT molecular complexity index is 400. The molecule has 1 aromatic carbocycles. The zero-order valence-electron chi connectivity index (χ0n) is 7.48. The van der Waals surface area contributed by atoms with Gasteiger partial charge < -0.3 is 0 Å². The van der Waals surface area contributed by atoms with E-state index in [9.17, 15) is 0 Å². The summed E-state index contributed by atoms with van der Waals surface area (Å²) in [6, 6.07) is 10.3. The first-order chi connectivity index (χ1) is 6.84. The molecular weight excluding hydrogens is 216 g/mol. The molecule has 1 heterocycles. The van der Waals surface area contributed by atoms with Gasteiger partial charge in [0.2, 0.25) is 4.47 Å². The van der Waals surface area contributed by atoms with Gasteiger partial charge in [0, 0.05) is 6.42 Å². The number of halogens is 1. The van der Waals surface area contributed by atoms with E-state index in [4.69, 9.17) is 11.6 Å². The Hall–Kier alpha value is -0.930. The molecule has 0 fully saturated rings. The minimum Gasteiger partial charge on any atom is -0.208 e. The van der Waals surface area contributed by atoms with Crippen LogP contribution in [0.2, 0.25) is 4.47 Å². The Morgan fingerprint density at radius 1 is 1.14 bits per heavy atom. The Labute approximate surface area is 91.7 Å². The molecule has 0 aliphatic rings. The summed E-state index contributed by atoms with van der Waals surface area (Å²) >= 11 is 6.93. The molecule has 0 radical (unpaired) electrons. The highest BCUT2D eigenvalue weighted by Crippen LogP contribution is 2.12. The summed E-state index contributed by atoms with van der Waals surface area (Å²) in [5, 5.41) is 0. The van der Waals surface area contributed by atoms with Crippen LogP contribution in [0.15, 0.2) is 30.3 Å². The number of nitrogens with zero attached hydrogens (tertiary/aromatic N) is 2. The van der Waals surface area contributed by atoms with E-state index in [1.54, 1.807) is 0 Å². The summed E-state index contributed by atoms with van der Waals surface area (Å²) in [6.45, 7) is 0. The molecule has 0 saturated heterocycles. The molecular formula is C10H9ClN2S. The monoisotopic (exact) mass is 224 g/mol. The fourth-order valence-electron chi connectivity index (χ4n) is 1.24. The van der Waals surface area contributed by atoms with Crippen LogP contribution in [0.5, 0.6) is 0 Å². The fourth-order valence-corrected chi connectivity index (χ4v) is 1.90. The molecule has 2 rings (SSSR count). The maximum Gasteiger partial charge on any atom is 0.203 e. The van der Waals surface area contributed by atoms with Crippen molar-refractivity contribution >= 4 is 23.1 Å².